The van der Waals surface area contributed by atoms with Gasteiger partial charge in [-0.05, 0) is 5.56 Å². The monoisotopic (exact) mass is 310 g/mol. The molecule has 0 amide bonds. The summed E-state index contributed by atoms with van der Waals surface area (Å²) in [6.07, 6.45) is 0. The first kappa shape index (κ1) is 15.9. The van der Waals surface area contributed by atoms with Gasteiger partial charge in [0.1, 0.15) is 0 Å². The Balaban J connectivity index is 0.000000312. The van der Waals surface area contributed by atoms with Crippen LogP contribution >= 0.6 is 20.7 Å². The molecule has 104 valence electrons. The molecule has 0 radical (unpaired) electrons. The number of hydrogen-bond donors (Lipinski definition) is 0. The maximum Gasteiger partial charge on any atom is 0.673 e. The molecule has 2 aromatic rings. The quantitative estimate of drug-likeness (QED) is 0.330. The van der Waals surface area contributed by atoms with Crippen LogP contribution in [0.2, 0.25) is 0 Å². The summed E-state index contributed by atoms with van der Waals surface area (Å²) in [7, 11) is -2.55. The fourth-order valence-electron chi connectivity index (χ4n) is 1.18. The van der Waals surface area contributed by atoms with Crippen molar-refractivity contribution in [2.75, 3.05) is 6.61 Å². The third-order valence-electron chi connectivity index (χ3n) is 1.81. The Bertz CT molecular complexity index is 542. The molecule has 19 heavy (non-hydrogen) atoms. The Morgan fingerprint density at radius 2 is 1.63 bits per heavy atom. The number of benzene rings is 1. The van der Waals surface area contributed by atoms with Gasteiger partial charge < -0.3 is 17.3 Å². The molecule has 0 unspecified atom stereocenters. The van der Waals surface area contributed by atoms with Crippen LogP contribution in [0.1, 0.15) is 6.92 Å². The summed E-state index contributed by atoms with van der Waals surface area (Å²) >= 11 is 0. The molecule has 0 N–H and O–H groups in total. The second-order valence-electron chi connectivity index (χ2n) is 3.29. The van der Waals surface area contributed by atoms with Crippen LogP contribution in [0.5, 0.6) is 0 Å². The lowest BCUT2D eigenvalue weighted by atomic mass is 10.2. The first-order valence-electron chi connectivity index (χ1n) is 5.39. The Kier molecular flexibility index (Phi) is 6.24. The van der Waals surface area contributed by atoms with Gasteiger partial charge in [0.2, 0.25) is 0 Å². The van der Waals surface area contributed by atoms with Crippen molar-refractivity contribution in [2.45, 2.75) is 6.92 Å². The van der Waals surface area contributed by atoms with Gasteiger partial charge in [0.05, 0.1) is 10.9 Å². The minimum Gasteiger partial charge on any atom is -0.418 e. The van der Waals surface area contributed by atoms with Crippen LogP contribution in [0, 0.1) is 0 Å². The molecule has 0 fully saturated rings. The Morgan fingerprint density at radius 1 is 1.05 bits per heavy atom. The van der Waals surface area contributed by atoms with E-state index in [-0.39, 0.29) is 0 Å². The van der Waals surface area contributed by atoms with E-state index in [2.05, 4.69) is 30.3 Å². The molecule has 1 aromatic carbocycles. The Hall–Kier alpha value is -1.15. The maximum absolute atomic E-state index is 9.75. The summed E-state index contributed by atoms with van der Waals surface area (Å²) in [4.78, 5) is 1.28. The lowest BCUT2D eigenvalue weighted by Crippen LogP contribution is -2.02. The summed E-state index contributed by atoms with van der Waals surface area (Å²) in [6.45, 7) is 2.74. The van der Waals surface area contributed by atoms with Gasteiger partial charge in [-0.1, -0.05) is 40.7 Å². The fourth-order valence-corrected chi connectivity index (χ4v) is 3.39. The van der Waals surface area contributed by atoms with Crippen molar-refractivity contribution >= 4 is 27.9 Å². The van der Waals surface area contributed by atoms with E-state index in [9.17, 15) is 17.3 Å². The zero-order chi connectivity index (χ0) is 14.3. The first-order valence-corrected chi connectivity index (χ1v) is 7.54. The molecule has 1 nitrogen and oxygen atoms in total. The van der Waals surface area contributed by atoms with Gasteiger partial charge in [0, 0.05) is 17.3 Å². The molecule has 0 saturated heterocycles. The highest BCUT2D eigenvalue weighted by Crippen LogP contribution is 2.24. The third kappa shape index (κ3) is 7.12. The molecule has 0 bridgehead atoms. The predicted octanol–water partition coefficient (Wildman–Crippen LogP) is 4.69. The number of hydrogen-bond acceptors (Lipinski definition) is 2. The van der Waals surface area contributed by atoms with Crippen LogP contribution in [0.25, 0.3) is 10.4 Å². The summed E-state index contributed by atoms with van der Waals surface area (Å²) in [5.41, 5.74) is 1.26. The van der Waals surface area contributed by atoms with Crippen molar-refractivity contribution in [1.82, 2.24) is 0 Å². The van der Waals surface area contributed by atoms with Gasteiger partial charge in [0.15, 0.2) is 0 Å². The average Bonchev–Trinajstić information content (AvgIpc) is 2.77. The van der Waals surface area contributed by atoms with Crippen LogP contribution in [0.15, 0.2) is 40.8 Å². The van der Waals surface area contributed by atoms with E-state index in [1.807, 2.05) is 13.0 Å². The van der Waals surface area contributed by atoms with E-state index in [0.29, 0.717) is 0 Å². The van der Waals surface area contributed by atoms with E-state index in [4.69, 9.17) is 4.42 Å². The normalized spacial score (nSPS) is 11.9. The fraction of sp³-hybridized carbons (Fsp3) is 0.182. The van der Waals surface area contributed by atoms with Crippen LogP contribution in [-0.4, -0.2) is 13.9 Å². The number of halogens is 4. The molecule has 0 aliphatic rings. The van der Waals surface area contributed by atoms with Gasteiger partial charge in [-0.3, -0.25) is 0 Å². The molecule has 0 aliphatic heterocycles. The minimum absolute atomic E-state index is 0.738. The van der Waals surface area contributed by atoms with Crippen LogP contribution in [-0.2, 0) is 0 Å². The molecule has 8 heteroatoms. The van der Waals surface area contributed by atoms with Crippen LogP contribution < -0.4 is 4.74 Å². The van der Waals surface area contributed by atoms with Crippen molar-refractivity contribution < 1.29 is 17.3 Å². The highest BCUT2D eigenvalue weighted by atomic mass is 32.9. The lowest BCUT2D eigenvalue weighted by Gasteiger charge is -1.94. The molecule has 1 aromatic heterocycles. The summed E-state index contributed by atoms with van der Waals surface area (Å²) in [6, 6.07) is 12.5. The summed E-state index contributed by atoms with van der Waals surface area (Å²) in [5.74, 6) is 0. The highest BCUT2D eigenvalue weighted by molar-refractivity contribution is 7.69. The van der Waals surface area contributed by atoms with Crippen molar-refractivity contribution in [2.24, 2.45) is 0 Å². The zero-order valence-corrected chi connectivity index (χ0v) is 11.6. The zero-order valence-electron chi connectivity index (χ0n) is 9.99. The number of rotatable bonds is 2. The van der Waals surface area contributed by atoms with Crippen molar-refractivity contribution in [1.29, 1.82) is 0 Å². The molecule has 1 heterocycles. The molecule has 2 rings (SSSR count). The van der Waals surface area contributed by atoms with Crippen molar-refractivity contribution in [3.05, 3.63) is 45.6 Å². The SMILES string of the molecule is CC[O+]=c1cc(-c2ccccc2)ss1.F[B-](F)(F)F. The largest absolute Gasteiger partial charge is 0.673 e. The molecule has 0 saturated carbocycles. The molecular weight excluding hydrogens is 299 g/mol. The van der Waals surface area contributed by atoms with E-state index in [1.165, 1.54) is 10.4 Å². The second kappa shape index (κ2) is 7.45. The molecule has 0 atom stereocenters. The lowest BCUT2D eigenvalue weighted by molar-refractivity contribution is 0.368. The average molecular weight is 310 g/mol. The summed E-state index contributed by atoms with van der Waals surface area (Å²) in [5, 5.41) is 0. The van der Waals surface area contributed by atoms with Crippen molar-refractivity contribution in [3.63, 3.8) is 0 Å². The standard InChI is InChI=1S/C11H11OS2.BF4/c1-2-12-11-8-10(13-14-11)9-6-4-3-5-7-9;2-1(3,4)5/h3-8H,2H2,1H3;/q+1;-1. The van der Waals surface area contributed by atoms with E-state index < -0.39 is 7.25 Å². The van der Waals surface area contributed by atoms with Crippen molar-refractivity contribution in [3.8, 4) is 10.4 Å². The minimum atomic E-state index is -6.00. The van der Waals surface area contributed by atoms with Gasteiger partial charge in [-0.2, -0.15) is 0 Å². The van der Waals surface area contributed by atoms with Gasteiger partial charge >= 0.3 is 12.0 Å². The van der Waals surface area contributed by atoms with Gasteiger partial charge in [-0.25, -0.2) is 4.42 Å². The second-order valence-corrected chi connectivity index (χ2v) is 5.46. The summed E-state index contributed by atoms with van der Waals surface area (Å²) < 4.78 is 45.4. The van der Waals surface area contributed by atoms with E-state index in [0.717, 1.165) is 11.3 Å². The molecule has 0 spiro atoms. The Morgan fingerprint density at radius 3 is 2.16 bits per heavy atom. The topological polar surface area (TPSA) is 11.3 Å². The first-order chi connectivity index (χ1) is 8.90. The highest BCUT2D eigenvalue weighted by Gasteiger charge is 2.20. The van der Waals surface area contributed by atoms with E-state index >= 15 is 0 Å². The van der Waals surface area contributed by atoms with Crippen LogP contribution in [0.3, 0.4) is 0 Å². The Labute approximate surface area is 115 Å². The third-order valence-corrected chi connectivity index (χ3v) is 4.11. The molecular formula is C11H11BF4OS2. The van der Waals surface area contributed by atoms with Gasteiger partial charge in [0.25, 0.3) is 6.61 Å². The molecule has 0 aliphatic carbocycles. The smallest absolute Gasteiger partial charge is 0.418 e. The van der Waals surface area contributed by atoms with Gasteiger partial charge in [-0.15, -0.1) is 0 Å². The predicted molar refractivity (Wildman–Crippen MR) is 74.6 cm³/mol. The van der Waals surface area contributed by atoms with E-state index in [1.54, 1.807) is 20.7 Å². The van der Waals surface area contributed by atoms with Crippen LogP contribution in [0.4, 0.5) is 17.3 Å². The maximum atomic E-state index is 9.75.